The molecule has 0 radical (unpaired) electrons. The van der Waals surface area contributed by atoms with E-state index in [1.807, 2.05) is 25.1 Å². The van der Waals surface area contributed by atoms with Crippen LogP contribution in [0, 0.1) is 6.92 Å². The molecule has 40 heavy (non-hydrogen) atoms. The third-order valence-electron chi connectivity index (χ3n) is 7.82. The first-order valence-electron chi connectivity index (χ1n) is 14.1. The topological polar surface area (TPSA) is 61.5 Å². The number of ketones is 1. The Morgan fingerprint density at radius 3 is 2.52 bits per heavy atom. The van der Waals surface area contributed by atoms with Crippen molar-refractivity contribution in [2.24, 2.45) is 0 Å². The zero-order chi connectivity index (χ0) is 28.1. The highest BCUT2D eigenvalue weighted by molar-refractivity contribution is 6.36. The number of piperazine rings is 1. The number of hydrogen-bond acceptors (Lipinski definition) is 5. The molecule has 2 aromatic carbocycles. The van der Waals surface area contributed by atoms with Gasteiger partial charge in [-0.25, -0.2) is 4.98 Å². The minimum absolute atomic E-state index is 0.00578. The van der Waals surface area contributed by atoms with Gasteiger partial charge in [0.1, 0.15) is 11.4 Å². The van der Waals surface area contributed by atoms with Crippen LogP contribution in [-0.2, 0) is 11.2 Å². The molecule has 3 heterocycles. The average Bonchev–Trinajstić information content (AvgIpc) is 3.38. The van der Waals surface area contributed by atoms with Gasteiger partial charge < -0.3 is 19.5 Å². The minimum atomic E-state index is -0.00578. The van der Waals surface area contributed by atoms with E-state index in [9.17, 15) is 4.79 Å². The molecule has 1 aliphatic rings. The smallest absolute Gasteiger partial charge is 0.159 e. The maximum Gasteiger partial charge on any atom is 0.159 e. The van der Waals surface area contributed by atoms with E-state index in [0.717, 1.165) is 96.0 Å². The van der Waals surface area contributed by atoms with E-state index in [-0.39, 0.29) is 5.78 Å². The van der Waals surface area contributed by atoms with Gasteiger partial charge in [-0.3, -0.25) is 4.79 Å². The predicted octanol–water partition coefficient (Wildman–Crippen LogP) is 6.56. The van der Waals surface area contributed by atoms with Crippen molar-refractivity contribution < 1.29 is 9.53 Å². The van der Waals surface area contributed by atoms with Crippen LogP contribution >= 0.6 is 11.6 Å². The zero-order valence-corrected chi connectivity index (χ0v) is 24.1. The van der Waals surface area contributed by atoms with Crippen LogP contribution in [0.2, 0.25) is 5.02 Å². The number of H-pyrrole nitrogens is 1. The molecular weight excluding hydrogens is 520 g/mol. The van der Waals surface area contributed by atoms with Crippen LogP contribution in [0.1, 0.15) is 24.5 Å². The number of carbonyl (C=O) groups is 1. The second kappa shape index (κ2) is 12.8. The lowest BCUT2D eigenvalue weighted by molar-refractivity contribution is -0.114. The maximum absolute atomic E-state index is 12.1. The van der Waals surface area contributed by atoms with Gasteiger partial charge in [-0.2, -0.15) is 0 Å². The van der Waals surface area contributed by atoms with Crippen molar-refractivity contribution in [2.45, 2.75) is 26.7 Å². The summed E-state index contributed by atoms with van der Waals surface area (Å²) in [6.45, 7) is 15.4. The van der Waals surface area contributed by atoms with Gasteiger partial charge in [0.15, 0.2) is 5.78 Å². The van der Waals surface area contributed by atoms with Crippen molar-refractivity contribution in [1.82, 2.24) is 19.8 Å². The van der Waals surface area contributed by atoms with Crippen molar-refractivity contribution in [2.75, 3.05) is 45.9 Å². The number of benzene rings is 2. The molecule has 1 N–H and O–H groups in total. The summed E-state index contributed by atoms with van der Waals surface area (Å²) in [5.74, 6) is 0.850. The minimum Gasteiger partial charge on any atom is -0.494 e. The Hall–Kier alpha value is -3.45. The molecule has 1 fully saturated rings. The standard InChI is InChI=1S/C33H37ClN4O2/c1-4-27(39)22-26-21-25(8-7-23(26)3)30-31-29(34)13-14-35-33(31)36-32(30)24-9-11-28(12-10-24)40-20-6-15-38-18-16-37(5-2)17-19-38/h4,7-14,21H,1,5-6,15-20,22H2,2-3H3,(H,35,36). The Bertz CT molecular complexity index is 1490. The van der Waals surface area contributed by atoms with E-state index < -0.39 is 0 Å². The summed E-state index contributed by atoms with van der Waals surface area (Å²) in [4.78, 5) is 25.2. The molecular formula is C33H37ClN4O2. The molecule has 4 aromatic rings. The molecule has 2 aromatic heterocycles. The largest absolute Gasteiger partial charge is 0.494 e. The molecule has 0 amide bonds. The number of carbonyl (C=O) groups excluding carboxylic acids is 1. The predicted molar refractivity (Wildman–Crippen MR) is 164 cm³/mol. The van der Waals surface area contributed by atoms with Crippen molar-refractivity contribution in [1.29, 1.82) is 0 Å². The molecule has 6 nitrogen and oxygen atoms in total. The number of aryl methyl sites for hydroxylation is 1. The number of ether oxygens (including phenoxy) is 1. The summed E-state index contributed by atoms with van der Waals surface area (Å²) in [5, 5.41) is 1.49. The number of nitrogens with one attached hydrogen (secondary N) is 1. The zero-order valence-electron chi connectivity index (χ0n) is 23.4. The number of fused-ring (bicyclic) bond motifs is 1. The summed E-state index contributed by atoms with van der Waals surface area (Å²) >= 11 is 6.70. The Labute approximate surface area is 241 Å². The number of rotatable bonds is 11. The molecule has 0 atom stereocenters. The van der Waals surface area contributed by atoms with Crippen LogP contribution in [0.15, 0.2) is 67.4 Å². The third kappa shape index (κ3) is 6.30. The second-order valence-corrected chi connectivity index (χ2v) is 10.8. The summed E-state index contributed by atoms with van der Waals surface area (Å²) < 4.78 is 6.08. The van der Waals surface area contributed by atoms with Gasteiger partial charge in [-0.05, 0) is 78.6 Å². The summed E-state index contributed by atoms with van der Waals surface area (Å²) in [6, 6.07) is 16.2. The van der Waals surface area contributed by atoms with E-state index in [0.29, 0.717) is 18.1 Å². The molecule has 0 unspecified atom stereocenters. The molecule has 208 valence electrons. The first-order chi connectivity index (χ1) is 19.5. The Kier molecular flexibility index (Phi) is 9.00. The number of nitrogens with zero attached hydrogens (tertiary/aromatic N) is 3. The van der Waals surface area contributed by atoms with Gasteiger partial charge in [0.2, 0.25) is 0 Å². The molecule has 1 aliphatic heterocycles. The highest BCUT2D eigenvalue weighted by atomic mass is 35.5. The number of likely N-dealkylation sites (N-methyl/N-ethyl adjacent to an activating group) is 1. The van der Waals surface area contributed by atoms with Crippen LogP contribution in [0.5, 0.6) is 5.75 Å². The number of aromatic nitrogens is 2. The quantitative estimate of drug-likeness (QED) is 0.167. The van der Waals surface area contributed by atoms with Gasteiger partial charge in [-0.1, -0.05) is 43.3 Å². The van der Waals surface area contributed by atoms with E-state index in [1.165, 1.54) is 6.08 Å². The molecule has 0 spiro atoms. The number of halogens is 1. The van der Waals surface area contributed by atoms with E-state index in [2.05, 4.69) is 63.6 Å². The molecule has 1 saturated heterocycles. The fraction of sp³-hybridized carbons (Fsp3) is 0.333. The monoisotopic (exact) mass is 556 g/mol. The van der Waals surface area contributed by atoms with Crippen LogP contribution in [0.25, 0.3) is 33.4 Å². The normalized spacial score (nSPS) is 14.5. The Morgan fingerprint density at radius 2 is 1.80 bits per heavy atom. The molecule has 0 saturated carbocycles. The number of allylic oxidation sites excluding steroid dienone is 1. The Balaban J connectivity index is 1.35. The van der Waals surface area contributed by atoms with Gasteiger partial charge in [-0.15, -0.1) is 0 Å². The SMILES string of the molecule is C=CC(=O)Cc1cc(-c2c(-c3ccc(OCCCN4CCN(CC)CC4)cc3)[nH]c3nccc(Cl)c23)ccc1C. The fourth-order valence-corrected chi connectivity index (χ4v) is 5.62. The summed E-state index contributed by atoms with van der Waals surface area (Å²) in [7, 11) is 0. The average molecular weight is 557 g/mol. The fourth-order valence-electron chi connectivity index (χ4n) is 5.38. The number of hydrogen-bond donors (Lipinski definition) is 1. The van der Waals surface area contributed by atoms with Gasteiger partial charge in [0.05, 0.1) is 17.3 Å². The van der Waals surface area contributed by atoms with Gasteiger partial charge in [0.25, 0.3) is 0 Å². The van der Waals surface area contributed by atoms with E-state index >= 15 is 0 Å². The first kappa shape index (κ1) is 28.1. The van der Waals surface area contributed by atoms with Crippen LogP contribution < -0.4 is 4.74 Å². The first-order valence-corrected chi connectivity index (χ1v) is 14.4. The van der Waals surface area contributed by atoms with Gasteiger partial charge >= 0.3 is 0 Å². The lowest BCUT2D eigenvalue weighted by Gasteiger charge is -2.33. The van der Waals surface area contributed by atoms with E-state index in [4.69, 9.17) is 16.3 Å². The lowest BCUT2D eigenvalue weighted by Crippen LogP contribution is -2.46. The number of aromatic amines is 1. The second-order valence-electron chi connectivity index (χ2n) is 10.4. The highest BCUT2D eigenvalue weighted by Crippen LogP contribution is 2.41. The van der Waals surface area contributed by atoms with Crippen LogP contribution in [0.3, 0.4) is 0 Å². The van der Waals surface area contributed by atoms with Gasteiger partial charge in [0, 0.05) is 56.3 Å². The lowest BCUT2D eigenvalue weighted by atomic mass is 9.94. The Morgan fingerprint density at radius 1 is 1.07 bits per heavy atom. The van der Waals surface area contributed by atoms with Crippen molar-refractivity contribution in [3.8, 4) is 28.1 Å². The van der Waals surface area contributed by atoms with Crippen molar-refractivity contribution in [3.63, 3.8) is 0 Å². The molecule has 0 aliphatic carbocycles. The van der Waals surface area contributed by atoms with Crippen molar-refractivity contribution >= 4 is 28.4 Å². The molecule has 5 rings (SSSR count). The molecule has 0 bridgehead atoms. The summed E-state index contributed by atoms with van der Waals surface area (Å²) in [5.41, 5.74) is 6.65. The third-order valence-corrected chi connectivity index (χ3v) is 8.13. The number of pyridine rings is 1. The summed E-state index contributed by atoms with van der Waals surface area (Å²) in [6.07, 6.45) is 4.40. The highest BCUT2D eigenvalue weighted by Gasteiger charge is 2.20. The van der Waals surface area contributed by atoms with Crippen LogP contribution in [-0.4, -0.2) is 71.4 Å². The molecule has 7 heteroatoms. The van der Waals surface area contributed by atoms with Crippen LogP contribution in [0.4, 0.5) is 0 Å². The van der Waals surface area contributed by atoms with E-state index in [1.54, 1.807) is 6.20 Å². The maximum atomic E-state index is 12.1. The van der Waals surface area contributed by atoms with Crippen molar-refractivity contribution in [3.05, 3.63) is 83.5 Å².